The Morgan fingerprint density at radius 3 is 1.35 bits per heavy atom. The van der Waals surface area contributed by atoms with Gasteiger partial charge in [0.2, 0.25) is 0 Å². The van der Waals surface area contributed by atoms with Gasteiger partial charge < -0.3 is 27.8 Å². The van der Waals surface area contributed by atoms with Crippen LogP contribution in [0, 0.1) is 0 Å². The molecule has 6 heteroatoms. The molecule has 18 rings (SSSR count). The van der Waals surface area contributed by atoms with Crippen molar-refractivity contribution < 1.29 is 8.83 Å². The van der Waals surface area contributed by atoms with Gasteiger partial charge in [-0.25, -0.2) is 0 Å². The van der Waals surface area contributed by atoms with Crippen LogP contribution < -0.4 is 9.80 Å². The highest BCUT2D eigenvalue weighted by Gasteiger charge is 2.27. The van der Waals surface area contributed by atoms with E-state index in [9.17, 15) is 0 Å². The van der Waals surface area contributed by atoms with E-state index in [1.54, 1.807) is 0 Å². The lowest BCUT2D eigenvalue weighted by molar-refractivity contribution is 0.669. The van der Waals surface area contributed by atoms with Crippen molar-refractivity contribution in [3.63, 3.8) is 0 Å². The quantitative estimate of drug-likeness (QED) is 0.135. The molecule has 0 aliphatic rings. The van der Waals surface area contributed by atoms with Crippen LogP contribution in [-0.4, -0.2) is 9.13 Å². The Labute approximate surface area is 494 Å². The van der Waals surface area contributed by atoms with Crippen LogP contribution in [0.2, 0.25) is 0 Å². The van der Waals surface area contributed by atoms with E-state index < -0.39 is 0 Å². The summed E-state index contributed by atoms with van der Waals surface area (Å²) in [5.41, 5.74) is 18.2. The molecule has 0 aliphatic carbocycles. The average Bonchev–Trinajstić information content (AvgIpc) is 1.81. The lowest BCUT2D eigenvalue weighted by Crippen LogP contribution is -2.13. The Morgan fingerprint density at radius 2 is 0.686 bits per heavy atom. The molecule has 0 saturated carbocycles. The van der Waals surface area contributed by atoms with Crippen molar-refractivity contribution >= 4 is 143 Å². The van der Waals surface area contributed by atoms with Crippen molar-refractivity contribution in [1.82, 2.24) is 9.13 Å². The number of furan rings is 2. The van der Waals surface area contributed by atoms with Crippen molar-refractivity contribution in [3.05, 3.63) is 303 Å². The Balaban J connectivity index is 0.903. The summed E-state index contributed by atoms with van der Waals surface area (Å²) < 4.78 is 18.9. The standard InChI is InChI=1S/C80H50N4O2/c1-5-21-53(22-6-1)81(58-39-41-64-62-31-17-19-35-71(62)84(74(64)49-58)56-27-11-4-12-28-56)59-48-69-68-45-51(52-38-44-77-70(46-52)78-65-33-15-13-29-60(65)61-30-14-16-34-66(61)80(78)86-77)37-43-76(68)85-79(69)75(50-59)82(54-23-7-2-8-24-54)57-40-42-73-67(47-57)63-32-18-20-36-72(63)83(73)55-25-9-3-10-26-55/h1-50H. The molecular weight excluding hydrogens is 1050 g/mol. The molecule has 0 spiro atoms. The van der Waals surface area contributed by atoms with E-state index in [2.05, 4.69) is 322 Å². The molecule has 4 heterocycles. The Kier molecular flexibility index (Phi) is 10.6. The van der Waals surface area contributed by atoms with E-state index in [4.69, 9.17) is 8.83 Å². The zero-order valence-electron chi connectivity index (χ0n) is 46.5. The molecule has 4 aromatic heterocycles. The number of benzene rings is 14. The molecule has 0 radical (unpaired) electrons. The van der Waals surface area contributed by atoms with Crippen molar-refractivity contribution in [3.8, 4) is 22.5 Å². The highest BCUT2D eigenvalue weighted by Crippen LogP contribution is 2.50. The molecule has 14 aromatic carbocycles. The topological polar surface area (TPSA) is 42.6 Å². The van der Waals surface area contributed by atoms with Gasteiger partial charge in [0, 0.05) is 88.3 Å². The molecule has 0 unspecified atom stereocenters. The molecule has 0 aliphatic heterocycles. The minimum absolute atomic E-state index is 0.777. The van der Waals surface area contributed by atoms with Gasteiger partial charge in [-0.1, -0.05) is 176 Å². The van der Waals surface area contributed by atoms with Crippen LogP contribution in [0.4, 0.5) is 34.1 Å². The summed E-state index contributed by atoms with van der Waals surface area (Å²) in [6, 6.07) is 109. The van der Waals surface area contributed by atoms with E-state index in [1.165, 1.54) is 32.3 Å². The summed E-state index contributed by atoms with van der Waals surface area (Å²) in [4.78, 5) is 4.79. The Bertz CT molecular complexity index is 5720. The second-order valence-corrected chi connectivity index (χ2v) is 22.4. The zero-order chi connectivity index (χ0) is 56.4. The third-order valence-corrected chi connectivity index (χ3v) is 17.6. The number of aromatic nitrogens is 2. The van der Waals surface area contributed by atoms with E-state index in [-0.39, 0.29) is 0 Å². The molecule has 86 heavy (non-hydrogen) atoms. The summed E-state index contributed by atoms with van der Waals surface area (Å²) in [6.45, 7) is 0. The number of hydrogen-bond donors (Lipinski definition) is 0. The molecule has 6 nitrogen and oxygen atoms in total. The van der Waals surface area contributed by atoms with Gasteiger partial charge in [0.25, 0.3) is 0 Å². The second-order valence-electron chi connectivity index (χ2n) is 22.4. The molecule has 0 saturated heterocycles. The largest absolute Gasteiger partial charge is 0.455 e. The van der Waals surface area contributed by atoms with Crippen molar-refractivity contribution in [2.75, 3.05) is 9.80 Å². The van der Waals surface area contributed by atoms with Gasteiger partial charge in [0.05, 0.1) is 27.8 Å². The van der Waals surface area contributed by atoms with Crippen LogP contribution in [-0.2, 0) is 0 Å². The fourth-order valence-electron chi connectivity index (χ4n) is 13.8. The Morgan fingerprint density at radius 1 is 0.233 bits per heavy atom. The first-order valence-electron chi connectivity index (χ1n) is 29.3. The number of rotatable bonds is 9. The van der Waals surface area contributed by atoms with Crippen molar-refractivity contribution in [1.29, 1.82) is 0 Å². The maximum absolute atomic E-state index is 7.34. The van der Waals surface area contributed by atoms with Crippen molar-refractivity contribution in [2.24, 2.45) is 0 Å². The summed E-state index contributed by atoms with van der Waals surface area (Å²) in [7, 11) is 0. The second kappa shape index (κ2) is 19.0. The van der Waals surface area contributed by atoms with Gasteiger partial charge >= 0.3 is 0 Å². The van der Waals surface area contributed by atoms with Crippen molar-refractivity contribution in [2.45, 2.75) is 0 Å². The van der Waals surface area contributed by atoms with Crippen LogP contribution in [0.5, 0.6) is 0 Å². The van der Waals surface area contributed by atoms with Gasteiger partial charge in [-0.3, -0.25) is 0 Å². The van der Waals surface area contributed by atoms with Gasteiger partial charge in [0.15, 0.2) is 5.58 Å². The van der Waals surface area contributed by atoms with Gasteiger partial charge in [-0.2, -0.15) is 0 Å². The van der Waals surface area contributed by atoms with Gasteiger partial charge in [-0.05, 0) is 155 Å². The van der Waals surface area contributed by atoms with E-state index in [1.807, 2.05) is 0 Å². The zero-order valence-corrected chi connectivity index (χ0v) is 46.5. The molecule has 0 N–H and O–H groups in total. The lowest BCUT2D eigenvalue weighted by Gasteiger charge is -2.30. The molecule has 402 valence electrons. The molecule has 0 atom stereocenters. The summed E-state index contributed by atoms with van der Waals surface area (Å²) in [5, 5.41) is 13.6. The fourth-order valence-corrected chi connectivity index (χ4v) is 13.8. The normalized spacial score (nSPS) is 12.0. The first kappa shape index (κ1) is 48.0. The van der Waals surface area contributed by atoms with Crippen LogP contribution >= 0.6 is 0 Å². The number of anilines is 6. The van der Waals surface area contributed by atoms with Crippen LogP contribution in [0.15, 0.2) is 312 Å². The maximum Gasteiger partial charge on any atom is 0.159 e. The average molecular weight is 1100 g/mol. The highest BCUT2D eigenvalue weighted by molar-refractivity contribution is 6.30. The predicted octanol–water partition coefficient (Wildman–Crippen LogP) is 22.6. The molecule has 0 bridgehead atoms. The van der Waals surface area contributed by atoms with Crippen LogP contribution in [0.25, 0.3) is 132 Å². The smallest absolute Gasteiger partial charge is 0.159 e. The Hall–Kier alpha value is -11.6. The predicted molar refractivity (Wildman–Crippen MR) is 359 cm³/mol. The number of hydrogen-bond acceptors (Lipinski definition) is 4. The molecule has 0 amide bonds. The first-order valence-corrected chi connectivity index (χ1v) is 29.3. The summed E-state index contributed by atoms with van der Waals surface area (Å²) >= 11 is 0. The number of fused-ring (bicyclic) bond motifs is 17. The minimum Gasteiger partial charge on any atom is -0.455 e. The number of nitrogens with zero attached hydrogens (tertiary/aromatic N) is 4. The number of para-hydroxylation sites is 6. The summed E-state index contributed by atoms with van der Waals surface area (Å²) in [6.07, 6.45) is 0. The van der Waals surface area contributed by atoms with E-state index in [0.717, 1.165) is 133 Å². The third kappa shape index (κ3) is 7.33. The molecule has 18 aromatic rings. The SMILES string of the molecule is c1ccc(N(c2cc(N(c3ccccc3)c3ccc4c(c3)c3ccccc3n4-c3ccccc3)c3oc4ccc(-c5ccc6oc7c8ccccc8c8ccccc8c7c6c5)cc4c3c2)c2ccc3c4ccccc4n(-c4ccccc4)c3c2)cc1. The van der Waals surface area contributed by atoms with Gasteiger partial charge in [-0.15, -0.1) is 0 Å². The highest BCUT2D eigenvalue weighted by atomic mass is 16.3. The van der Waals surface area contributed by atoms with Crippen LogP contribution in [0.1, 0.15) is 0 Å². The van der Waals surface area contributed by atoms with E-state index in [0.29, 0.717) is 0 Å². The summed E-state index contributed by atoms with van der Waals surface area (Å²) in [5.74, 6) is 0. The van der Waals surface area contributed by atoms with Gasteiger partial charge in [0.1, 0.15) is 16.7 Å². The monoisotopic (exact) mass is 1100 g/mol. The molecule has 0 fully saturated rings. The third-order valence-electron chi connectivity index (χ3n) is 17.6. The van der Waals surface area contributed by atoms with Crippen LogP contribution in [0.3, 0.4) is 0 Å². The molecular formula is C80H50N4O2. The maximum atomic E-state index is 7.34. The lowest BCUT2D eigenvalue weighted by atomic mass is 9.95. The fraction of sp³-hybridized carbons (Fsp3) is 0. The van der Waals surface area contributed by atoms with E-state index >= 15 is 0 Å². The minimum atomic E-state index is 0.777. The first-order chi connectivity index (χ1) is 42.7.